The molecule has 112 valence electrons. The van der Waals surface area contributed by atoms with E-state index in [9.17, 15) is 14.4 Å². The molecule has 1 unspecified atom stereocenters. The Bertz CT molecular complexity index is 396. The summed E-state index contributed by atoms with van der Waals surface area (Å²) in [6, 6.07) is 0. The number of rotatable bonds is 8. The van der Waals surface area contributed by atoms with Crippen LogP contribution in [0.15, 0.2) is 25.3 Å². The van der Waals surface area contributed by atoms with E-state index in [0.717, 1.165) is 12.2 Å². The van der Waals surface area contributed by atoms with E-state index in [1.165, 1.54) is 0 Å². The summed E-state index contributed by atoms with van der Waals surface area (Å²) >= 11 is 0. The van der Waals surface area contributed by atoms with E-state index in [0.29, 0.717) is 6.42 Å². The van der Waals surface area contributed by atoms with Crippen molar-refractivity contribution in [3.05, 3.63) is 25.3 Å². The molecule has 0 aromatic heterocycles. The summed E-state index contributed by atoms with van der Waals surface area (Å²) in [5.41, 5.74) is -0.735. The fourth-order valence-electron chi connectivity index (χ4n) is 0.902. The van der Waals surface area contributed by atoms with Crippen LogP contribution >= 0.6 is 0 Å². The zero-order chi connectivity index (χ0) is 15.8. The van der Waals surface area contributed by atoms with Crippen LogP contribution in [0.2, 0.25) is 0 Å². The monoisotopic (exact) mass is 284 g/mol. The largest absolute Gasteiger partial charge is 0.455 e. The quantitative estimate of drug-likeness (QED) is 0.384. The Hall–Kier alpha value is -2.11. The smallest absolute Gasteiger partial charge is 0.333 e. The first-order valence-electron chi connectivity index (χ1n) is 6.10. The van der Waals surface area contributed by atoms with Crippen molar-refractivity contribution in [1.29, 1.82) is 0 Å². The van der Waals surface area contributed by atoms with Gasteiger partial charge in [0.1, 0.15) is 0 Å². The molecule has 0 bridgehead atoms. The van der Waals surface area contributed by atoms with Crippen molar-refractivity contribution < 1.29 is 28.6 Å². The highest BCUT2D eigenvalue weighted by Gasteiger charge is 2.31. The predicted octanol–water partition coefficient (Wildman–Crippen LogP) is 1.75. The van der Waals surface area contributed by atoms with Crippen LogP contribution in [0, 0.1) is 5.41 Å². The van der Waals surface area contributed by atoms with Crippen molar-refractivity contribution in [2.24, 2.45) is 5.41 Å². The second-order valence-corrected chi connectivity index (χ2v) is 4.55. The molecule has 20 heavy (non-hydrogen) atoms. The van der Waals surface area contributed by atoms with Crippen LogP contribution in [-0.4, -0.2) is 30.8 Å². The van der Waals surface area contributed by atoms with E-state index in [1.54, 1.807) is 13.8 Å². The van der Waals surface area contributed by atoms with E-state index >= 15 is 0 Å². The average Bonchev–Trinajstić information content (AvgIpc) is 2.43. The summed E-state index contributed by atoms with van der Waals surface area (Å²) in [4.78, 5) is 34.0. The molecule has 0 rings (SSSR count). The van der Waals surface area contributed by atoms with Crippen molar-refractivity contribution >= 4 is 17.9 Å². The van der Waals surface area contributed by atoms with Gasteiger partial charge in [-0.25, -0.2) is 9.59 Å². The molecule has 0 heterocycles. The zero-order valence-electron chi connectivity index (χ0n) is 12.0. The Morgan fingerprint density at radius 2 is 1.65 bits per heavy atom. The van der Waals surface area contributed by atoms with Gasteiger partial charge in [0.15, 0.2) is 6.61 Å². The minimum absolute atomic E-state index is 0.407. The average molecular weight is 284 g/mol. The van der Waals surface area contributed by atoms with E-state index in [-0.39, 0.29) is 0 Å². The van der Waals surface area contributed by atoms with Crippen LogP contribution in [0.4, 0.5) is 0 Å². The molecule has 6 heteroatoms. The number of esters is 3. The minimum Gasteiger partial charge on any atom is -0.455 e. The SMILES string of the molecule is C=CC(=O)OCC(OC(=O)C=C)OC(=O)C(C)(C)CC. The van der Waals surface area contributed by atoms with Crippen molar-refractivity contribution in [3.8, 4) is 0 Å². The van der Waals surface area contributed by atoms with Gasteiger partial charge in [-0.15, -0.1) is 0 Å². The number of carbonyl (C=O) groups is 3. The van der Waals surface area contributed by atoms with Crippen LogP contribution in [0.5, 0.6) is 0 Å². The molecule has 0 aromatic rings. The standard InChI is InChI=1S/C14H20O6/c1-6-10(15)18-9-12(19-11(16)7-2)20-13(17)14(4,5)8-3/h6-7,12H,1-2,8-9H2,3-5H3. The first kappa shape index (κ1) is 17.9. The maximum Gasteiger partial charge on any atom is 0.333 e. The van der Waals surface area contributed by atoms with Gasteiger partial charge in [-0.3, -0.25) is 4.79 Å². The second-order valence-electron chi connectivity index (χ2n) is 4.55. The third-order valence-corrected chi connectivity index (χ3v) is 2.62. The molecule has 6 nitrogen and oxygen atoms in total. The number of hydrogen-bond acceptors (Lipinski definition) is 6. The van der Waals surface area contributed by atoms with Gasteiger partial charge < -0.3 is 14.2 Å². The van der Waals surface area contributed by atoms with Gasteiger partial charge in [0, 0.05) is 12.2 Å². The van der Waals surface area contributed by atoms with Gasteiger partial charge in [-0.1, -0.05) is 20.1 Å². The lowest BCUT2D eigenvalue weighted by Gasteiger charge is -2.24. The molecule has 0 aliphatic rings. The summed E-state index contributed by atoms with van der Waals surface area (Å²) in [7, 11) is 0. The first-order valence-corrected chi connectivity index (χ1v) is 6.10. The highest BCUT2D eigenvalue weighted by Crippen LogP contribution is 2.22. The molecule has 0 aliphatic carbocycles. The van der Waals surface area contributed by atoms with Crippen molar-refractivity contribution in [2.75, 3.05) is 6.61 Å². The van der Waals surface area contributed by atoms with E-state index in [2.05, 4.69) is 13.2 Å². The summed E-state index contributed by atoms with van der Waals surface area (Å²) in [5, 5.41) is 0. The van der Waals surface area contributed by atoms with E-state index < -0.39 is 36.2 Å². The Labute approximate surface area is 118 Å². The molecular weight excluding hydrogens is 264 g/mol. The van der Waals surface area contributed by atoms with Gasteiger partial charge in [0.05, 0.1) is 5.41 Å². The minimum atomic E-state index is -1.32. The van der Waals surface area contributed by atoms with Crippen LogP contribution in [0.1, 0.15) is 27.2 Å². The Morgan fingerprint density at radius 3 is 2.10 bits per heavy atom. The predicted molar refractivity (Wildman–Crippen MR) is 71.4 cm³/mol. The third kappa shape index (κ3) is 6.17. The molecule has 0 amide bonds. The molecule has 0 aromatic carbocycles. The number of carbonyl (C=O) groups excluding carboxylic acids is 3. The molecular formula is C14H20O6. The fourth-order valence-corrected chi connectivity index (χ4v) is 0.902. The van der Waals surface area contributed by atoms with Crippen molar-refractivity contribution in [2.45, 2.75) is 33.5 Å². The number of ether oxygens (including phenoxy) is 3. The molecule has 0 spiro atoms. The van der Waals surface area contributed by atoms with Crippen molar-refractivity contribution in [1.82, 2.24) is 0 Å². The fraction of sp³-hybridized carbons (Fsp3) is 0.500. The van der Waals surface area contributed by atoms with Gasteiger partial charge in [0.25, 0.3) is 6.29 Å². The summed E-state index contributed by atoms with van der Waals surface area (Å²) in [6.07, 6.45) is 1.09. The molecule has 0 N–H and O–H groups in total. The summed E-state index contributed by atoms with van der Waals surface area (Å²) in [5.74, 6) is -2.06. The van der Waals surface area contributed by atoms with Gasteiger partial charge in [0.2, 0.25) is 0 Å². The van der Waals surface area contributed by atoms with Crippen LogP contribution < -0.4 is 0 Å². The normalized spacial score (nSPS) is 11.9. The molecule has 0 fully saturated rings. The van der Waals surface area contributed by atoms with Crippen molar-refractivity contribution in [3.63, 3.8) is 0 Å². The first-order chi connectivity index (χ1) is 9.26. The third-order valence-electron chi connectivity index (χ3n) is 2.62. The summed E-state index contributed by atoms with van der Waals surface area (Å²) < 4.78 is 14.5. The number of hydrogen-bond donors (Lipinski definition) is 0. The highest BCUT2D eigenvalue weighted by atomic mass is 16.7. The maximum absolute atomic E-state index is 11.9. The van der Waals surface area contributed by atoms with Gasteiger partial charge in [-0.2, -0.15) is 0 Å². The molecule has 0 aliphatic heterocycles. The van der Waals surface area contributed by atoms with Gasteiger partial charge >= 0.3 is 17.9 Å². The maximum atomic E-state index is 11.9. The Morgan fingerprint density at radius 1 is 1.10 bits per heavy atom. The van der Waals surface area contributed by atoms with Crippen LogP contribution in [0.3, 0.4) is 0 Å². The van der Waals surface area contributed by atoms with E-state index in [1.807, 2.05) is 6.92 Å². The highest BCUT2D eigenvalue weighted by molar-refractivity contribution is 5.82. The lowest BCUT2D eigenvalue weighted by Crippen LogP contribution is -2.35. The Balaban J connectivity index is 4.71. The molecule has 1 atom stereocenters. The van der Waals surface area contributed by atoms with Crippen LogP contribution in [0.25, 0.3) is 0 Å². The zero-order valence-corrected chi connectivity index (χ0v) is 12.0. The topological polar surface area (TPSA) is 78.9 Å². The lowest BCUT2D eigenvalue weighted by atomic mass is 9.91. The molecule has 0 saturated heterocycles. The molecule has 0 saturated carbocycles. The molecule has 0 radical (unpaired) electrons. The van der Waals surface area contributed by atoms with Gasteiger partial charge in [-0.05, 0) is 20.3 Å². The van der Waals surface area contributed by atoms with E-state index in [4.69, 9.17) is 14.2 Å². The van der Waals surface area contributed by atoms with Crippen LogP contribution in [-0.2, 0) is 28.6 Å². The Kier molecular flexibility index (Phi) is 7.28. The second kappa shape index (κ2) is 8.14. The summed E-state index contributed by atoms with van der Waals surface area (Å²) in [6.45, 7) is 11.3. The lowest BCUT2D eigenvalue weighted by molar-refractivity contribution is -0.201.